The molecule has 0 aromatic heterocycles. The van der Waals surface area contributed by atoms with E-state index in [4.69, 9.17) is 9.47 Å². The van der Waals surface area contributed by atoms with Gasteiger partial charge in [-0.1, -0.05) is 29.8 Å². The van der Waals surface area contributed by atoms with Crippen LogP contribution in [0.15, 0.2) is 24.3 Å². The number of carbonyl (C=O) groups is 3. The molecule has 0 fully saturated rings. The van der Waals surface area contributed by atoms with Crippen molar-refractivity contribution in [2.24, 2.45) is 0 Å². The first kappa shape index (κ1) is 21.5. The first-order valence-electron chi connectivity index (χ1n) is 8.50. The Bertz CT molecular complexity index is 652. The van der Waals surface area contributed by atoms with Crippen molar-refractivity contribution >= 4 is 18.0 Å². The van der Waals surface area contributed by atoms with E-state index in [9.17, 15) is 14.4 Å². The van der Waals surface area contributed by atoms with Crippen LogP contribution in [0.1, 0.15) is 45.7 Å². The molecule has 0 heterocycles. The fourth-order valence-electron chi connectivity index (χ4n) is 2.02. The molecular formula is C19H28N2O5. The molecule has 2 N–H and O–H groups in total. The second kappa shape index (κ2) is 9.22. The van der Waals surface area contributed by atoms with E-state index in [0.29, 0.717) is 0 Å². The molecule has 0 saturated heterocycles. The highest BCUT2D eigenvalue weighted by molar-refractivity contribution is 5.89. The average molecular weight is 364 g/mol. The third kappa shape index (κ3) is 8.00. The standard InChI is InChI=1S/C19H28N2O5/c1-12-8-7-9-15(10-12)11-25-18(24)21-13(2)16(22)20-14(3)17(23)26-19(4,5)6/h7-10,13-14H,11H2,1-6H3,(H,20,22)(H,21,24)/t13-,14-/m0/s1. The van der Waals surface area contributed by atoms with Crippen LogP contribution in [-0.4, -0.2) is 35.7 Å². The molecule has 2 atom stereocenters. The van der Waals surface area contributed by atoms with Crippen molar-refractivity contribution in [2.45, 2.75) is 65.8 Å². The van der Waals surface area contributed by atoms with Gasteiger partial charge in [-0.05, 0) is 47.1 Å². The number of nitrogens with one attached hydrogen (secondary N) is 2. The number of ether oxygens (including phenoxy) is 2. The van der Waals surface area contributed by atoms with Crippen LogP contribution >= 0.6 is 0 Å². The van der Waals surface area contributed by atoms with Crippen molar-refractivity contribution in [3.63, 3.8) is 0 Å². The van der Waals surface area contributed by atoms with Gasteiger partial charge in [-0.2, -0.15) is 0 Å². The Balaban J connectivity index is 2.43. The van der Waals surface area contributed by atoms with Crippen molar-refractivity contribution in [2.75, 3.05) is 0 Å². The minimum Gasteiger partial charge on any atom is -0.458 e. The lowest BCUT2D eigenvalue weighted by Crippen LogP contribution is -2.50. The number of carbonyl (C=O) groups excluding carboxylic acids is 3. The van der Waals surface area contributed by atoms with E-state index in [2.05, 4.69) is 10.6 Å². The summed E-state index contributed by atoms with van der Waals surface area (Å²) < 4.78 is 10.3. The Kier molecular flexibility index (Phi) is 7.61. The van der Waals surface area contributed by atoms with Crippen LogP contribution in [0.3, 0.4) is 0 Å². The summed E-state index contributed by atoms with van der Waals surface area (Å²) >= 11 is 0. The number of hydrogen-bond acceptors (Lipinski definition) is 5. The monoisotopic (exact) mass is 364 g/mol. The highest BCUT2D eigenvalue weighted by Crippen LogP contribution is 2.08. The minimum atomic E-state index is -0.857. The number of amides is 2. The summed E-state index contributed by atoms with van der Waals surface area (Å²) in [6, 6.07) is 5.89. The number of benzene rings is 1. The molecule has 7 heteroatoms. The zero-order valence-corrected chi connectivity index (χ0v) is 16.2. The summed E-state index contributed by atoms with van der Waals surface area (Å²) in [6.45, 7) is 10.3. The molecule has 0 aliphatic heterocycles. The van der Waals surface area contributed by atoms with Crippen molar-refractivity contribution in [3.8, 4) is 0 Å². The fourth-order valence-corrected chi connectivity index (χ4v) is 2.02. The molecule has 2 amide bonds. The van der Waals surface area contributed by atoms with Gasteiger partial charge in [0, 0.05) is 0 Å². The number of aryl methyl sites for hydroxylation is 1. The average Bonchev–Trinajstić information content (AvgIpc) is 2.51. The van der Waals surface area contributed by atoms with E-state index in [1.807, 2.05) is 31.2 Å². The van der Waals surface area contributed by atoms with Gasteiger partial charge in [0.1, 0.15) is 24.3 Å². The molecule has 0 aliphatic carbocycles. The van der Waals surface area contributed by atoms with Gasteiger partial charge >= 0.3 is 12.1 Å². The molecule has 1 aromatic carbocycles. The van der Waals surface area contributed by atoms with Crippen LogP contribution in [0.2, 0.25) is 0 Å². The molecule has 0 saturated carbocycles. The lowest BCUT2D eigenvalue weighted by Gasteiger charge is -2.23. The van der Waals surface area contributed by atoms with E-state index >= 15 is 0 Å². The van der Waals surface area contributed by atoms with E-state index in [0.717, 1.165) is 11.1 Å². The molecular weight excluding hydrogens is 336 g/mol. The van der Waals surface area contributed by atoms with Gasteiger partial charge in [0.05, 0.1) is 0 Å². The quantitative estimate of drug-likeness (QED) is 0.756. The molecule has 26 heavy (non-hydrogen) atoms. The van der Waals surface area contributed by atoms with Crippen molar-refractivity contribution in [1.29, 1.82) is 0 Å². The SMILES string of the molecule is Cc1cccc(COC(=O)N[C@@H](C)C(=O)N[C@@H](C)C(=O)OC(C)(C)C)c1. The zero-order valence-electron chi connectivity index (χ0n) is 16.2. The summed E-state index contributed by atoms with van der Waals surface area (Å²) in [4.78, 5) is 35.8. The normalized spacial score (nSPS) is 13.3. The second-order valence-corrected chi connectivity index (χ2v) is 7.19. The highest BCUT2D eigenvalue weighted by Gasteiger charge is 2.25. The van der Waals surface area contributed by atoms with Crippen LogP contribution in [0.25, 0.3) is 0 Å². The first-order valence-corrected chi connectivity index (χ1v) is 8.50. The van der Waals surface area contributed by atoms with Crippen molar-refractivity contribution in [1.82, 2.24) is 10.6 Å². The number of alkyl carbamates (subject to hydrolysis) is 1. The van der Waals surface area contributed by atoms with Crippen molar-refractivity contribution < 1.29 is 23.9 Å². The van der Waals surface area contributed by atoms with Gasteiger partial charge in [-0.25, -0.2) is 9.59 Å². The Labute approximate surface area is 154 Å². The molecule has 0 spiro atoms. The Hall–Kier alpha value is -2.57. The maximum absolute atomic E-state index is 12.1. The maximum Gasteiger partial charge on any atom is 0.408 e. The fraction of sp³-hybridized carbons (Fsp3) is 0.526. The molecule has 0 radical (unpaired) electrons. The Morgan fingerprint density at radius 2 is 1.73 bits per heavy atom. The summed E-state index contributed by atoms with van der Waals surface area (Å²) in [5.74, 6) is -1.05. The third-order valence-electron chi connectivity index (χ3n) is 3.30. The lowest BCUT2D eigenvalue weighted by atomic mass is 10.1. The Morgan fingerprint density at radius 3 is 2.31 bits per heavy atom. The number of esters is 1. The summed E-state index contributed by atoms with van der Waals surface area (Å²) in [7, 11) is 0. The minimum absolute atomic E-state index is 0.107. The van der Waals surface area contributed by atoms with Gasteiger partial charge < -0.3 is 20.1 Å². The molecule has 7 nitrogen and oxygen atoms in total. The molecule has 0 aliphatic rings. The summed E-state index contributed by atoms with van der Waals surface area (Å²) in [6.07, 6.45) is -0.709. The van der Waals surface area contributed by atoms with E-state index in [-0.39, 0.29) is 6.61 Å². The van der Waals surface area contributed by atoms with Crippen molar-refractivity contribution in [3.05, 3.63) is 35.4 Å². The lowest BCUT2D eigenvalue weighted by molar-refractivity contribution is -0.158. The number of rotatable bonds is 6. The third-order valence-corrected chi connectivity index (χ3v) is 3.30. The van der Waals surface area contributed by atoms with Crippen LogP contribution in [-0.2, 0) is 25.7 Å². The Morgan fingerprint density at radius 1 is 1.08 bits per heavy atom. The zero-order chi connectivity index (χ0) is 19.9. The highest BCUT2D eigenvalue weighted by atomic mass is 16.6. The molecule has 1 aromatic rings. The first-order chi connectivity index (χ1) is 12.0. The van der Waals surface area contributed by atoms with Crippen LogP contribution < -0.4 is 10.6 Å². The smallest absolute Gasteiger partial charge is 0.408 e. The van der Waals surface area contributed by atoms with Crippen LogP contribution in [0.4, 0.5) is 4.79 Å². The van der Waals surface area contributed by atoms with E-state index in [1.165, 1.54) is 13.8 Å². The predicted octanol–water partition coefficient (Wildman–Crippen LogP) is 2.46. The summed E-state index contributed by atoms with van der Waals surface area (Å²) in [5.41, 5.74) is 1.28. The van der Waals surface area contributed by atoms with E-state index in [1.54, 1.807) is 20.8 Å². The molecule has 144 valence electrons. The maximum atomic E-state index is 12.1. The number of hydrogen-bond donors (Lipinski definition) is 2. The molecule has 0 unspecified atom stereocenters. The van der Waals surface area contributed by atoms with Gasteiger partial charge in [-0.3, -0.25) is 4.79 Å². The van der Waals surface area contributed by atoms with E-state index < -0.39 is 35.7 Å². The van der Waals surface area contributed by atoms with Gasteiger partial charge in [-0.15, -0.1) is 0 Å². The predicted molar refractivity (Wildman–Crippen MR) is 97.4 cm³/mol. The van der Waals surface area contributed by atoms with Crippen LogP contribution in [0.5, 0.6) is 0 Å². The largest absolute Gasteiger partial charge is 0.458 e. The van der Waals surface area contributed by atoms with Gasteiger partial charge in [0.15, 0.2) is 0 Å². The topological polar surface area (TPSA) is 93.7 Å². The molecule has 1 rings (SSSR count). The van der Waals surface area contributed by atoms with Gasteiger partial charge in [0.25, 0.3) is 0 Å². The molecule has 0 bridgehead atoms. The summed E-state index contributed by atoms with van der Waals surface area (Å²) in [5, 5.41) is 4.94. The van der Waals surface area contributed by atoms with Crippen LogP contribution in [0, 0.1) is 6.92 Å². The second-order valence-electron chi connectivity index (χ2n) is 7.19. The van der Waals surface area contributed by atoms with Gasteiger partial charge in [0.2, 0.25) is 5.91 Å².